The fraction of sp³-hybridized carbons (Fsp3) is 0.290. The molecule has 0 radical (unpaired) electrons. The van der Waals surface area contributed by atoms with Crippen molar-refractivity contribution in [2.75, 3.05) is 48.3 Å². The van der Waals surface area contributed by atoms with Gasteiger partial charge in [-0.15, -0.1) is 0 Å². The fourth-order valence-corrected chi connectivity index (χ4v) is 5.14. The number of benzene rings is 3. The molecule has 0 atom stereocenters. The molecule has 1 aliphatic rings. The number of hydrogen-bond donors (Lipinski definition) is 2. The number of aryl methyl sites for hydroxylation is 1. The number of carbonyl (C=O) groups excluding carboxylic acids is 1. The quantitative estimate of drug-likeness (QED) is 0.224. The Morgan fingerprint density at radius 3 is 2.12 bits per heavy atom. The molecule has 226 valence electrons. The Balaban J connectivity index is 1.16. The van der Waals surface area contributed by atoms with E-state index in [2.05, 4.69) is 37.6 Å². The molecule has 4 aromatic rings. The molecule has 0 spiro atoms. The van der Waals surface area contributed by atoms with Crippen molar-refractivity contribution >= 4 is 34.0 Å². The minimum Gasteiger partial charge on any atom is -0.368 e. The zero-order chi connectivity index (χ0) is 30.8. The van der Waals surface area contributed by atoms with Crippen LogP contribution in [-0.2, 0) is 18.8 Å². The molecule has 5 rings (SSSR count). The molecule has 1 fully saturated rings. The van der Waals surface area contributed by atoms with Gasteiger partial charge in [0.05, 0.1) is 16.6 Å². The summed E-state index contributed by atoms with van der Waals surface area (Å²) in [6.07, 6.45) is -9.33. The molecule has 3 aromatic carbocycles. The Bertz CT molecular complexity index is 1580. The molecule has 1 aliphatic heterocycles. The maximum Gasteiger partial charge on any atom is 0.416 e. The number of aromatic nitrogens is 1. The summed E-state index contributed by atoms with van der Waals surface area (Å²) in [5.74, 6) is 0. The van der Waals surface area contributed by atoms with Gasteiger partial charge in [-0.3, -0.25) is 9.88 Å². The lowest BCUT2D eigenvalue weighted by atomic mass is 10.1. The van der Waals surface area contributed by atoms with E-state index in [-0.39, 0.29) is 6.07 Å². The molecular formula is C31H29F6N5O. The number of rotatable bonds is 6. The molecule has 0 bridgehead atoms. The van der Waals surface area contributed by atoms with Crippen molar-refractivity contribution in [3.63, 3.8) is 0 Å². The number of hydrogen-bond acceptors (Lipinski definition) is 4. The van der Waals surface area contributed by atoms with E-state index in [1.807, 2.05) is 31.2 Å². The second-order valence-corrected chi connectivity index (χ2v) is 10.4. The van der Waals surface area contributed by atoms with E-state index in [4.69, 9.17) is 0 Å². The lowest BCUT2D eigenvalue weighted by molar-refractivity contribution is -0.143. The van der Waals surface area contributed by atoms with Crippen LogP contribution in [-0.4, -0.2) is 48.6 Å². The molecule has 2 N–H and O–H groups in total. The zero-order valence-corrected chi connectivity index (χ0v) is 23.2. The van der Waals surface area contributed by atoms with Gasteiger partial charge in [0.1, 0.15) is 0 Å². The van der Waals surface area contributed by atoms with Crippen LogP contribution in [0.25, 0.3) is 10.9 Å². The first-order chi connectivity index (χ1) is 20.3. The number of anilines is 3. The van der Waals surface area contributed by atoms with Gasteiger partial charge in [-0.2, -0.15) is 26.3 Å². The van der Waals surface area contributed by atoms with E-state index in [9.17, 15) is 31.1 Å². The number of alkyl halides is 6. The summed E-state index contributed by atoms with van der Waals surface area (Å²) in [6, 6.07) is 17.2. The average molecular weight is 602 g/mol. The molecule has 2 amide bonds. The highest BCUT2D eigenvalue weighted by Gasteiger charge is 2.37. The van der Waals surface area contributed by atoms with Crippen molar-refractivity contribution in [3.05, 3.63) is 95.2 Å². The lowest BCUT2D eigenvalue weighted by Crippen LogP contribution is -2.47. The summed E-state index contributed by atoms with van der Waals surface area (Å²) in [4.78, 5) is 21.8. The largest absolute Gasteiger partial charge is 0.416 e. The van der Waals surface area contributed by atoms with Gasteiger partial charge in [-0.1, -0.05) is 18.2 Å². The van der Waals surface area contributed by atoms with E-state index in [1.54, 1.807) is 18.2 Å². The molecule has 1 aromatic heterocycles. The van der Waals surface area contributed by atoms with Gasteiger partial charge in [-0.25, -0.2) is 4.79 Å². The van der Waals surface area contributed by atoms with E-state index in [0.29, 0.717) is 24.2 Å². The highest BCUT2D eigenvalue weighted by Crippen LogP contribution is 2.37. The Morgan fingerprint density at radius 1 is 0.791 bits per heavy atom. The molecule has 12 heteroatoms. The fourth-order valence-electron chi connectivity index (χ4n) is 5.14. The SMILES string of the molecule is Cc1ccc2c(N3CCN(CCc4cccc(NC(=O)Nc5cc(C(F)(F)F)cc(C(F)(F)F)c5)c4)CC3)cccc2n1. The van der Waals surface area contributed by atoms with Crippen LogP contribution in [0.1, 0.15) is 22.4 Å². The molecule has 0 unspecified atom stereocenters. The molecular weight excluding hydrogens is 572 g/mol. The highest BCUT2D eigenvalue weighted by atomic mass is 19.4. The van der Waals surface area contributed by atoms with E-state index >= 15 is 0 Å². The maximum absolute atomic E-state index is 13.1. The van der Waals surface area contributed by atoms with Crippen molar-refractivity contribution < 1.29 is 31.1 Å². The van der Waals surface area contributed by atoms with Crippen LogP contribution in [0, 0.1) is 6.92 Å². The number of pyridine rings is 1. The Morgan fingerprint density at radius 2 is 1.44 bits per heavy atom. The predicted molar refractivity (Wildman–Crippen MR) is 154 cm³/mol. The van der Waals surface area contributed by atoms with Gasteiger partial charge in [0.2, 0.25) is 0 Å². The number of nitrogens with one attached hydrogen (secondary N) is 2. The number of piperazine rings is 1. The lowest BCUT2D eigenvalue weighted by Gasteiger charge is -2.36. The summed E-state index contributed by atoms with van der Waals surface area (Å²) < 4.78 is 78.8. The first kappa shape index (κ1) is 30.1. The van der Waals surface area contributed by atoms with E-state index in [0.717, 1.165) is 54.9 Å². The van der Waals surface area contributed by atoms with Gasteiger partial charge in [-0.05, 0) is 73.5 Å². The molecule has 43 heavy (non-hydrogen) atoms. The summed E-state index contributed by atoms with van der Waals surface area (Å²) in [5.41, 5.74) is 0.769. The monoisotopic (exact) mass is 601 g/mol. The minimum atomic E-state index is -5.01. The van der Waals surface area contributed by atoms with Gasteiger partial charge >= 0.3 is 18.4 Å². The van der Waals surface area contributed by atoms with Gasteiger partial charge < -0.3 is 15.5 Å². The third-order valence-corrected chi connectivity index (χ3v) is 7.31. The van der Waals surface area contributed by atoms with Crippen LogP contribution in [0.2, 0.25) is 0 Å². The van der Waals surface area contributed by atoms with Crippen LogP contribution < -0.4 is 15.5 Å². The Labute approximate surface area is 244 Å². The Hall–Kier alpha value is -4.32. The van der Waals surface area contributed by atoms with Crippen molar-refractivity contribution in [3.8, 4) is 0 Å². The zero-order valence-electron chi connectivity index (χ0n) is 23.2. The van der Waals surface area contributed by atoms with Crippen molar-refractivity contribution in [1.29, 1.82) is 0 Å². The standard InChI is InChI=1S/C31H29F6N5O/c1-20-8-9-26-27(38-20)6-3-7-28(26)42-14-12-41(13-15-42)11-10-21-4-2-5-24(16-21)39-29(43)40-25-18-22(30(32,33)34)17-23(19-25)31(35,36)37/h2-9,16-19H,10-15H2,1H3,(H2,39,40,43). The number of amides is 2. The normalized spacial score (nSPS) is 14.6. The Kier molecular flexibility index (Phi) is 8.50. The van der Waals surface area contributed by atoms with Crippen LogP contribution >= 0.6 is 0 Å². The summed E-state index contributed by atoms with van der Waals surface area (Å²) in [7, 11) is 0. The van der Waals surface area contributed by atoms with E-state index in [1.165, 1.54) is 5.69 Å². The van der Waals surface area contributed by atoms with Crippen LogP contribution in [0.4, 0.5) is 48.2 Å². The highest BCUT2D eigenvalue weighted by molar-refractivity contribution is 6.00. The predicted octanol–water partition coefficient (Wildman–Crippen LogP) is 7.59. The van der Waals surface area contributed by atoms with Crippen LogP contribution in [0.15, 0.2) is 72.8 Å². The van der Waals surface area contributed by atoms with E-state index < -0.39 is 35.2 Å². The topological polar surface area (TPSA) is 60.5 Å². The van der Waals surface area contributed by atoms with Crippen molar-refractivity contribution in [2.24, 2.45) is 0 Å². The second-order valence-electron chi connectivity index (χ2n) is 10.4. The van der Waals surface area contributed by atoms with Crippen molar-refractivity contribution in [1.82, 2.24) is 9.88 Å². The number of halogens is 6. The number of fused-ring (bicyclic) bond motifs is 1. The summed E-state index contributed by atoms with van der Waals surface area (Å²) >= 11 is 0. The molecule has 1 saturated heterocycles. The molecule has 6 nitrogen and oxygen atoms in total. The van der Waals surface area contributed by atoms with Crippen LogP contribution in [0.5, 0.6) is 0 Å². The van der Waals surface area contributed by atoms with Gasteiger partial charge in [0, 0.05) is 60.9 Å². The first-order valence-electron chi connectivity index (χ1n) is 13.7. The molecule has 0 saturated carbocycles. The number of carbonyl (C=O) groups is 1. The first-order valence-corrected chi connectivity index (χ1v) is 13.7. The summed E-state index contributed by atoms with van der Waals surface area (Å²) in [6.45, 7) is 6.22. The average Bonchev–Trinajstić information content (AvgIpc) is 2.95. The number of nitrogens with zero attached hydrogens (tertiary/aromatic N) is 3. The van der Waals surface area contributed by atoms with Crippen molar-refractivity contribution in [2.45, 2.75) is 25.7 Å². The van der Waals surface area contributed by atoms with Gasteiger partial charge in [0.15, 0.2) is 0 Å². The van der Waals surface area contributed by atoms with Crippen LogP contribution in [0.3, 0.4) is 0 Å². The minimum absolute atomic E-state index is 0.00824. The second kappa shape index (κ2) is 12.1. The third-order valence-electron chi connectivity index (χ3n) is 7.31. The summed E-state index contributed by atoms with van der Waals surface area (Å²) in [5, 5.41) is 5.70. The number of urea groups is 1. The third kappa shape index (κ3) is 7.56. The molecule has 2 heterocycles. The van der Waals surface area contributed by atoms with Gasteiger partial charge in [0.25, 0.3) is 0 Å². The smallest absolute Gasteiger partial charge is 0.368 e. The maximum atomic E-state index is 13.1. The molecule has 0 aliphatic carbocycles.